The third-order valence-corrected chi connectivity index (χ3v) is 5.06. The second kappa shape index (κ2) is 5.54. The van der Waals surface area contributed by atoms with E-state index in [0.717, 1.165) is 16.7 Å². The first-order valence-corrected chi connectivity index (χ1v) is 8.25. The maximum atomic E-state index is 12.0. The lowest BCUT2D eigenvalue weighted by molar-refractivity contribution is -0.142. The molecule has 6 heteroatoms. The molecule has 1 aliphatic heterocycles. The molecule has 0 radical (unpaired) electrons. The molecule has 0 amide bonds. The van der Waals surface area contributed by atoms with Gasteiger partial charge in [-0.25, -0.2) is 8.42 Å². The van der Waals surface area contributed by atoms with Crippen LogP contribution in [0.2, 0.25) is 0 Å². The molecule has 2 rings (SSSR count). The van der Waals surface area contributed by atoms with Gasteiger partial charge in [-0.1, -0.05) is 29.3 Å². The Kier molecular flexibility index (Phi) is 4.15. The van der Waals surface area contributed by atoms with E-state index in [4.69, 9.17) is 0 Å². The number of esters is 1. The Labute approximate surface area is 119 Å². The number of hydrogen-bond acceptors (Lipinski definition) is 5. The molecule has 1 aromatic carbocycles. The van der Waals surface area contributed by atoms with Crippen LogP contribution in [0.5, 0.6) is 0 Å². The number of methoxy groups -OCH3 is 1. The molecular weight excluding hydrogens is 278 g/mol. The van der Waals surface area contributed by atoms with Crippen LogP contribution in [0, 0.1) is 13.8 Å². The van der Waals surface area contributed by atoms with Crippen molar-refractivity contribution in [1.29, 1.82) is 0 Å². The van der Waals surface area contributed by atoms with Crippen molar-refractivity contribution in [3.63, 3.8) is 0 Å². The molecule has 5 nitrogen and oxygen atoms in total. The molecule has 0 saturated carbocycles. The average Bonchev–Trinajstić information content (AvgIpc) is 2.34. The van der Waals surface area contributed by atoms with Crippen molar-refractivity contribution < 1.29 is 17.9 Å². The van der Waals surface area contributed by atoms with Crippen LogP contribution in [0.25, 0.3) is 0 Å². The van der Waals surface area contributed by atoms with Crippen LogP contribution in [-0.4, -0.2) is 39.0 Å². The standard InChI is InChI=1S/C14H19NO4S/c1-9-4-10(2)6-11(5-9)12-7-20(17,18)8-13(15-12)14(16)19-3/h4-6,12-13,15H,7-8H2,1-3H3. The average molecular weight is 297 g/mol. The van der Waals surface area contributed by atoms with Gasteiger partial charge in [0, 0.05) is 6.04 Å². The fourth-order valence-electron chi connectivity index (χ4n) is 2.60. The summed E-state index contributed by atoms with van der Waals surface area (Å²) >= 11 is 0. The predicted octanol–water partition coefficient (Wildman–Crippen LogP) is 0.904. The maximum absolute atomic E-state index is 12.0. The fraction of sp³-hybridized carbons (Fsp3) is 0.500. The van der Waals surface area contributed by atoms with E-state index < -0.39 is 21.8 Å². The second-order valence-corrected chi connectivity index (χ2v) is 7.45. The van der Waals surface area contributed by atoms with Crippen LogP contribution >= 0.6 is 0 Å². The van der Waals surface area contributed by atoms with E-state index in [0.29, 0.717) is 0 Å². The quantitative estimate of drug-likeness (QED) is 0.821. The topological polar surface area (TPSA) is 72.5 Å². The number of aryl methyl sites for hydroxylation is 2. The summed E-state index contributed by atoms with van der Waals surface area (Å²) in [5.41, 5.74) is 3.03. The van der Waals surface area contributed by atoms with Gasteiger partial charge in [-0.2, -0.15) is 0 Å². The van der Waals surface area contributed by atoms with E-state index in [9.17, 15) is 13.2 Å². The number of ether oxygens (including phenoxy) is 1. The molecule has 1 aromatic rings. The molecule has 0 aromatic heterocycles. The van der Waals surface area contributed by atoms with Gasteiger partial charge in [0.1, 0.15) is 6.04 Å². The van der Waals surface area contributed by atoms with E-state index in [2.05, 4.69) is 10.1 Å². The number of carbonyl (C=O) groups is 1. The van der Waals surface area contributed by atoms with Crippen LogP contribution in [-0.2, 0) is 19.4 Å². The molecule has 1 heterocycles. The minimum Gasteiger partial charge on any atom is -0.468 e. The number of carbonyl (C=O) groups excluding carboxylic acids is 1. The van der Waals surface area contributed by atoms with Crippen LogP contribution in [0.1, 0.15) is 22.7 Å². The highest BCUT2D eigenvalue weighted by Crippen LogP contribution is 2.23. The van der Waals surface area contributed by atoms with E-state index in [1.807, 2.05) is 32.0 Å². The summed E-state index contributed by atoms with van der Waals surface area (Å²) in [6, 6.07) is 4.74. The third kappa shape index (κ3) is 3.37. The minimum atomic E-state index is -3.27. The van der Waals surface area contributed by atoms with Gasteiger partial charge in [-0.3, -0.25) is 10.1 Å². The summed E-state index contributed by atoms with van der Waals surface area (Å²) in [6.07, 6.45) is 0. The molecule has 2 unspecified atom stereocenters. The Morgan fingerprint density at radius 3 is 2.35 bits per heavy atom. The highest BCUT2D eigenvalue weighted by Gasteiger charge is 2.36. The molecule has 110 valence electrons. The lowest BCUT2D eigenvalue weighted by atomic mass is 10.0. The Morgan fingerprint density at radius 2 is 1.80 bits per heavy atom. The number of rotatable bonds is 2. The largest absolute Gasteiger partial charge is 0.468 e. The highest BCUT2D eigenvalue weighted by molar-refractivity contribution is 7.91. The van der Waals surface area contributed by atoms with E-state index >= 15 is 0 Å². The van der Waals surface area contributed by atoms with Crippen molar-refractivity contribution in [1.82, 2.24) is 5.32 Å². The third-order valence-electron chi connectivity index (χ3n) is 3.38. The van der Waals surface area contributed by atoms with Crippen LogP contribution < -0.4 is 5.32 Å². The molecular formula is C14H19NO4S. The Bertz CT molecular complexity index is 604. The van der Waals surface area contributed by atoms with Crippen molar-refractivity contribution in [2.75, 3.05) is 18.6 Å². The van der Waals surface area contributed by atoms with E-state index in [1.54, 1.807) is 0 Å². The first-order valence-electron chi connectivity index (χ1n) is 6.43. The first kappa shape index (κ1) is 15.0. The monoisotopic (exact) mass is 297 g/mol. The van der Waals surface area contributed by atoms with Crippen molar-refractivity contribution in [2.24, 2.45) is 0 Å². The summed E-state index contributed by atoms with van der Waals surface area (Å²) in [7, 11) is -2.01. The van der Waals surface area contributed by atoms with Crippen LogP contribution in [0.4, 0.5) is 0 Å². The summed E-state index contributed by atoms with van der Waals surface area (Å²) in [6.45, 7) is 3.93. The molecule has 1 N–H and O–H groups in total. The van der Waals surface area contributed by atoms with Gasteiger partial charge in [0.25, 0.3) is 0 Å². The van der Waals surface area contributed by atoms with E-state index in [1.165, 1.54) is 7.11 Å². The van der Waals surface area contributed by atoms with Gasteiger partial charge in [-0.15, -0.1) is 0 Å². The van der Waals surface area contributed by atoms with Gasteiger partial charge < -0.3 is 4.74 Å². The molecule has 1 fully saturated rings. The highest BCUT2D eigenvalue weighted by atomic mass is 32.2. The zero-order valence-corrected chi connectivity index (χ0v) is 12.7. The number of hydrogen-bond donors (Lipinski definition) is 1. The second-order valence-electron chi connectivity index (χ2n) is 5.29. The zero-order chi connectivity index (χ0) is 14.9. The maximum Gasteiger partial charge on any atom is 0.323 e. The van der Waals surface area contributed by atoms with Crippen molar-refractivity contribution >= 4 is 15.8 Å². The van der Waals surface area contributed by atoms with Gasteiger partial charge in [0.05, 0.1) is 18.6 Å². The Morgan fingerprint density at radius 1 is 1.20 bits per heavy atom. The van der Waals surface area contributed by atoms with Crippen LogP contribution in [0.15, 0.2) is 18.2 Å². The van der Waals surface area contributed by atoms with Crippen molar-refractivity contribution in [3.8, 4) is 0 Å². The number of sulfone groups is 1. The van der Waals surface area contributed by atoms with E-state index in [-0.39, 0.29) is 17.5 Å². The molecule has 0 bridgehead atoms. The summed E-state index contributed by atoms with van der Waals surface area (Å²) in [5.74, 6) is -0.743. The fourth-order valence-corrected chi connectivity index (χ4v) is 4.27. The molecule has 1 aliphatic rings. The van der Waals surface area contributed by atoms with Crippen LogP contribution in [0.3, 0.4) is 0 Å². The lowest BCUT2D eigenvalue weighted by Crippen LogP contribution is -2.51. The number of benzene rings is 1. The summed E-state index contributed by atoms with van der Waals surface area (Å²) in [5, 5.41) is 3.08. The number of nitrogens with one attached hydrogen (secondary N) is 1. The van der Waals surface area contributed by atoms with Gasteiger partial charge in [0.2, 0.25) is 0 Å². The molecule has 2 atom stereocenters. The van der Waals surface area contributed by atoms with Gasteiger partial charge in [-0.05, 0) is 19.4 Å². The van der Waals surface area contributed by atoms with Crippen molar-refractivity contribution in [3.05, 3.63) is 34.9 Å². The first-order chi connectivity index (χ1) is 9.30. The minimum absolute atomic E-state index is 0.00336. The Balaban J connectivity index is 2.33. The molecule has 0 aliphatic carbocycles. The molecule has 1 saturated heterocycles. The van der Waals surface area contributed by atoms with Gasteiger partial charge >= 0.3 is 5.97 Å². The van der Waals surface area contributed by atoms with Gasteiger partial charge in [0.15, 0.2) is 9.84 Å². The molecule has 0 spiro atoms. The predicted molar refractivity (Wildman–Crippen MR) is 76.3 cm³/mol. The summed E-state index contributed by atoms with van der Waals surface area (Å²) in [4.78, 5) is 11.6. The normalized spacial score (nSPS) is 25.1. The zero-order valence-electron chi connectivity index (χ0n) is 11.8. The van der Waals surface area contributed by atoms with Crippen molar-refractivity contribution in [2.45, 2.75) is 25.9 Å². The Hall–Kier alpha value is -1.40. The molecule has 20 heavy (non-hydrogen) atoms. The lowest BCUT2D eigenvalue weighted by Gasteiger charge is -2.30. The SMILES string of the molecule is COC(=O)C1CS(=O)(=O)CC(c2cc(C)cc(C)c2)N1. The summed E-state index contributed by atoms with van der Waals surface area (Å²) < 4.78 is 28.6. The smallest absolute Gasteiger partial charge is 0.323 e.